The Labute approximate surface area is 122 Å². The second-order valence-corrected chi connectivity index (χ2v) is 6.02. The fourth-order valence-corrected chi connectivity index (χ4v) is 3.49. The molecule has 20 heavy (non-hydrogen) atoms. The molecule has 1 fully saturated rings. The fraction of sp³-hybridized carbons (Fsp3) is 0.647. The van der Waals surface area contributed by atoms with Gasteiger partial charge in [0.25, 0.3) is 0 Å². The standard InChI is InChI=1S/C17H27FN2/c1-3-17(4-2)9-11-20(12-10-17)16(13-19)14-7-5-6-8-15(14)18/h5-8,16H,3-4,9-13,19H2,1-2H3. The summed E-state index contributed by atoms with van der Waals surface area (Å²) in [5.41, 5.74) is 7.17. The van der Waals surface area contributed by atoms with E-state index in [1.54, 1.807) is 6.07 Å². The summed E-state index contributed by atoms with van der Waals surface area (Å²) in [6.07, 6.45) is 4.88. The summed E-state index contributed by atoms with van der Waals surface area (Å²) in [6.45, 7) is 7.11. The number of hydrogen-bond donors (Lipinski definition) is 1. The molecule has 1 heterocycles. The lowest BCUT2D eigenvalue weighted by molar-refractivity contribution is 0.0669. The van der Waals surface area contributed by atoms with Crippen molar-refractivity contribution in [2.24, 2.45) is 11.1 Å². The van der Waals surface area contributed by atoms with Crippen LogP contribution in [-0.2, 0) is 0 Å². The SMILES string of the molecule is CCC1(CC)CCN(C(CN)c2ccccc2F)CC1. The van der Waals surface area contributed by atoms with E-state index in [-0.39, 0.29) is 11.9 Å². The molecule has 0 saturated carbocycles. The number of benzene rings is 1. The van der Waals surface area contributed by atoms with Gasteiger partial charge in [-0.2, -0.15) is 0 Å². The van der Waals surface area contributed by atoms with E-state index < -0.39 is 0 Å². The smallest absolute Gasteiger partial charge is 0.128 e. The van der Waals surface area contributed by atoms with Crippen LogP contribution in [0.2, 0.25) is 0 Å². The molecule has 0 radical (unpaired) electrons. The van der Waals surface area contributed by atoms with E-state index in [4.69, 9.17) is 5.73 Å². The Hall–Kier alpha value is -0.930. The number of hydrogen-bond acceptors (Lipinski definition) is 2. The lowest BCUT2D eigenvalue weighted by Gasteiger charge is -2.44. The largest absolute Gasteiger partial charge is 0.329 e. The maximum Gasteiger partial charge on any atom is 0.128 e. The Kier molecular flexibility index (Phi) is 5.17. The van der Waals surface area contributed by atoms with Gasteiger partial charge in [0.05, 0.1) is 0 Å². The van der Waals surface area contributed by atoms with Crippen molar-refractivity contribution in [3.05, 3.63) is 35.6 Å². The van der Waals surface area contributed by atoms with Gasteiger partial charge in [0.15, 0.2) is 0 Å². The molecule has 0 spiro atoms. The van der Waals surface area contributed by atoms with E-state index in [9.17, 15) is 4.39 Å². The van der Waals surface area contributed by atoms with Crippen molar-refractivity contribution in [2.75, 3.05) is 19.6 Å². The first-order valence-corrected chi connectivity index (χ1v) is 7.84. The Morgan fingerprint density at radius 3 is 2.30 bits per heavy atom. The highest BCUT2D eigenvalue weighted by atomic mass is 19.1. The zero-order valence-corrected chi connectivity index (χ0v) is 12.7. The molecule has 0 aromatic heterocycles. The Morgan fingerprint density at radius 1 is 1.20 bits per heavy atom. The van der Waals surface area contributed by atoms with Crippen LogP contribution in [0.5, 0.6) is 0 Å². The maximum atomic E-state index is 14.0. The van der Waals surface area contributed by atoms with Gasteiger partial charge in [0.2, 0.25) is 0 Å². The molecule has 1 aromatic carbocycles. The van der Waals surface area contributed by atoms with Crippen molar-refractivity contribution in [3.63, 3.8) is 0 Å². The minimum Gasteiger partial charge on any atom is -0.329 e. The first-order valence-electron chi connectivity index (χ1n) is 7.84. The van der Waals surface area contributed by atoms with E-state index in [1.165, 1.54) is 31.7 Å². The second-order valence-electron chi connectivity index (χ2n) is 6.02. The van der Waals surface area contributed by atoms with Crippen LogP contribution >= 0.6 is 0 Å². The maximum absolute atomic E-state index is 14.0. The molecule has 1 unspecified atom stereocenters. The van der Waals surface area contributed by atoms with Gasteiger partial charge in [-0.05, 0) is 37.4 Å². The summed E-state index contributed by atoms with van der Waals surface area (Å²) < 4.78 is 14.0. The quantitative estimate of drug-likeness (QED) is 0.889. The minimum atomic E-state index is -0.134. The molecule has 1 aromatic rings. The van der Waals surface area contributed by atoms with E-state index >= 15 is 0 Å². The fourth-order valence-electron chi connectivity index (χ4n) is 3.49. The highest BCUT2D eigenvalue weighted by Gasteiger charge is 2.34. The Morgan fingerprint density at radius 2 is 1.80 bits per heavy atom. The third-order valence-electron chi connectivity index (χ3n) is 5.29. The highest BCUT2D eigenvalue weighted by molar-refractivity contribution is 5.22. The van der Waals surface area contributed by atoms with Gasteiger partial charge >= 0.3 is 0 Å². The van der Waals surface area contributed by atoms with E-state index in [0.29, 0.717) is 12.0 Å². The van der Waals surface area contributed by atoms with Crippen LogP contribution in [0, 0.1) is 11.2 Å². The third-order valence-corrected chi connectivity index (χ3v) is 5.29. The molecule has 2 nitrogen and oxygen atoms in total. The number of likely N-dealkylation sites (tertiary alicyclic amines) is 1. The monoisotopic (exact) mass is 278 g/mol. The van der Waals surface area contributed by atoms with Crippen molar-refractivity contribution >= 4 is 0 Å². The molecule has 1 atom stereocenters. The van der Waals surface area contributed by atoms with E-state index in [1.807, 2.05) is 12.1 Å². The average Bonchev–Trinajstić information content (AvgIpc) is 2.51. The van der Waals surface area contributed by atoms with Gasteiger partial charge in [0, 0.05) is 18.2 Å². The van der Waals surface area contributed by atoms with Crippen molar-refractivity contribution in [1.29, 1.82) is 0 Å². The van der Waals surface area contributed by atoms with Crippen LogP contribution in [0.3, 0.4) is 0 Å². The molecule has 0 bridgehead atoms. The predicted molar refractivity (Wildman–Crippen MR) is 82.0 cm³/mol. The normalized spacial score (nSPS) is 20.8. The van der Waals surface area contributed by atoms with Gasteiger partial charge in [0.1, 0.15) is 5.82 Å². The molecule has 0 aliphatic carbocycles. The molecule has 112 valence electrons. The summed E-state index contributed by atoms with van der Waals surface area (Å²) >= 11 is 0. The topological polar surface area (TPSA) is 29.3 Å². The molecule has 3 heteroatoms. The molecule has 1 aliphatic heterocycles. The van der Waals surface area contributed by atoms with Crippen molar-refractivity contribution in [3.8, 4) is 0 Å². The molecule has 2 N–H and O–H groups in total. The summed E-state index contributed by atoms with van der Waals surface area (Å²) in [4.78, 5) is 2.36. The van der Waals surface area contributed by atoms with Crippen molar-refractivity contribution < 1.29 is 4.39 Å². The van der Waals surface area contributed by atoms with E-state index in [0.717, 1.165) is 18.7 Å². The summed E-state index contributed by atoms with van der Waals surface area (Å²) in [7, 11) is 0. The van der Waals surface area contributed by atoms with Gasteiger partial charge in [-0.25, -0.2) is 4.39 Å². The van der Waals surface area contributed by atoms with Gasteiger partial charge in [-0.15, -0.1) is 0 Å². The number of halogens is 1. The van der Waals surface area contributed by atoms with E-state index in [2.05, 4.69) is 18.7 Å². The molecule has 1 aliphatic rings. The first kappa shape index (κ1) is 15.5. The summed E-state index contributed by atoms with van der Waals surface area (Å²) in [6, 6.07) is 7.05. The van der Waals surface area contributed by atoms with Crippen LogP contribution in [-0.4, -0.2) is 24.5 Å². The van der Waals surface area contributed by atoms with Crippen LogP contribution < -0.4 is 5.73 Å². The van der Waals surface area contributed by atoms with Crippen LogP contribution in [0.15, 0.2) is 24.3 Å². The predicted octanol–water partition coefficient (Wildman–Crippen LogP) is 3.73. The Balaban J connectivity index is 2.10. The van der Waals surface area contributed by atoms with Crippen LogP contribution in [0.25, 0.3) is 0 Å². The molecular weight excluding hydrogens is 251 g/mol. The highest BCUT2D eigenvalue weighted by Crippen LogP contribution is 2.40. The van der Waals surface area contributed by atoms with Gasteiger partial charge < -0.3 is 5.73 Å². The summed E-state index contributed by atoms with van der Waals surface area (Å²) in [5.74, 6) is -0.134. The number of rotatable bonds is 5. The summed E-state index contributed by atoms with van der Waals surface area (Å²) in [5, 5.41) is 0. The molecular formula is C17H27FN2. The van der Waals surface area contributed by atoms with Crippen molar-refractivity contribution in [1.82, 2.24) is 4.90 Å². The van der Waals surface area contributed by atoms with Gasteiger partial charge in [-0.1, -0.05) is 44.9 Å². The lowest BCUT2D eigenvalue weighted by atomic mass is 9.74. The van der Waals surface area contributed by atoms with Gasteiger partial charge in [-0.3, -0.25) is 4.90 Å². The van der Waals surface area contributed by atoms with Crippen LogP contribution in [0.1, 0.15) is 51.1 Å². The average molecular weight is 278 g/mol. The third kappa shape index (κ3) is 3.04. The minimum absolute atomic E-state index is 0.0166. The molecule has 2 rings (SSSR count). The van der Waals surface area contributed by atoms with Crippen LogP contribution in [0.4, 0.5) is 4.39 Å². The lowest BCUT2D eigenvalue weighted by Crippen LogP contribution is -2.43. The number of piperidine rings is 1. The number of nitrogens with zero attached hydrogens (tertiary/aromatic N) is 1. The molecule has 0 amide bonds. The zero-order valence-electron chi connectivity index (χ0n) is 12.7. The number of nitrogens with two attached hydrogens (primary N) is 1. The zero-order chi connectivity index (χ0) is 14.6. The molecule has 1 saturated heterocycles. The Bertz CT molecular complexity index is 419. The second kappa shape index (κ2) is 6.68. The first-order chi connectivity index (χ1) is 9.65. The van der Waals surface area contributed by atoms with Crippen molar-refractivity contribution in [2.45, 2.75) is 45.6 Å².